The second-order valence-corrected chi connectivity index (χ2v) is 4.91. The minimum atomic E-state index is -2.81. The molecule has 3 aromatic heterocycles. The summed E-state index contributed by atoms with van der Waals surface area (Å²) in [5.74, 6) is -0.493. The minimum absolute atomic E-state index is 0.150. The van der Waals surface area contributed by atoms with Crippen LogP contribution in [-0.4, -0.2) is 25.7 Å². The van der Waals surface area contributed by atoms with Crippen LogP contribution in [0.15, 0.2) is 41.5 Å². The van der Waals surface area contributed by atoms with Crippen LogP contribution in [0.3, 0.4) is 0 Å². The molecule has 3 heterocycles. The van der Waals surface area contributed by atoms with Gasteiger partial charge in [-0.05, 0) is 12.1 Å². The van der Waals surface area contributed by atoms with Crippen molar-refractivity contribution in [2.45, 2.75) is 6.55 Å². The Bertz CT molecular complexity index is 773. The van der Waals surface area contributed by atoms with Gasteiger partial charge in [-0.15, -0.1) is 11.3 Å². The van der Waals surface area contributed by atoms with Gasteiger partial charge in [0.2, 0.25) is 0 Å². The third kappa shape index (κ3) is 2.84. The number of nitrogens with one attached hydrogen (secondary N) is 1. The Morgan fingerprint density at radius 1 is 1.32 bits per heavy atom. The number of halogens is 2. The summed E-state index contributed by atoms with van der Waals surface area (Å²) in [6.07, 6.45) is 2.59. The fraction of sp³-hybridized carbons (Fsp3) is 0.0769. The Balaban J connectivity index is 1.97. The van der Waals surface area contributed by atoms with Crippen molar-refractivity contribution in [1.82, 2.24) is 19.7 Å². The first-order chi connectivity index (χ1) is 10.6. The van der Waals surface area contributed by atoms with E-state index in [0.29, 0.717) is 10.4 Å². The molecule has 0 bridgehead atoms. The average molecular weight is 321 g/mol. The summed E-state index contributed by atoms with van der Waals surface area (Å²) in [6.45, 7) is -2.81. The summed E-state index contributed by atoms with van der Waals surface area (Å²) < 4.78 is 26.2. The predicted octanol–water partition coefficient (Wildman–Crippen LogP) is 3.05. The highest BCUT2D eigenvalue weighted by Gasteiger charge is 2.19. The SMILES string of the molecule is O=C(Nc1cn(C(F)F)nc1-c1ccccn1)c1cscn1. The minimum Gasteiger partial charge on any atom is -0.317 e. The molecule has 0 saturated carbocycles. The molecular weight excluding hydrogens is 312 g/mol. The fourth-order valence-corrected chi connectivity index (χ4v) is 2.32. The lowest BCUT2D eigenvalue weighted by atomic mass is 10.2. The molecule has 6 nitrogen and oxygen atoms in total. The summed E-state index contributed by atoms with van der Waals surface area (Å²) >= 11 is 1.26. The van der Waals surface area contributed by atoms with Gasteiger partial charge >= 0.3 is 6.55 Å². The van der Waals surface area contributed by atoms with Gasteiger partial charge in [-0.2, -0.15) is 13.9 Å². The summed E-state index contributed by atoms with van der Waals surface area (Å²) in [7, 11) is 0. The van der Waals surface area contributed by atoms with Gasteiger partial charge < -0.3 is 5.32 Å². The van der Waals surface area contributed by atoms with Crippen LogP contribution in [-0.2, 0) is 0 Å². The zero-order valence-electron chi connectivity index (χ0n) is 11.0. The number of rotatable bonds is 4. The number of carbonyl (C=O) groups excluding carboxylic acids is 1. The Labute approximate surface area is 127 Å². The quantitative estimate of drug-likeness (QED) is 0.801. The zero-order chi connectivity index (χ0) is 15.5. The summed E-state index contributed by atoms with van der Waals surface area (Å²) in [4.78, 5) is 20.0. The maximum absolute atomic E-state index is 12.8. The normalized spacial score (nSPS) is 10.9. The van der Waals surface area contributed by atoms with Crippen LogP contribution >= 0.6 is 11.3 Å². The van der Waals surface area contributed by atoms with E-state index in [1.54, 1.807) is 23.6 Å². The number of amides is 1. The smallest absolute Gasteiger partial charge is 0.317 e. The molecule has 3 aromatic rings. The lowest BCUT2D eigenvalue weighted by Gasteiger charge is -2.02. The zero-order valence-corrected chi connectivity index (χ0v) is 11.8. The molecule has 22 heavy (non-hydrogen) atoms. The largest absolute Gasteiger partial charge is 0.333 e. The molecule has 1 amide bonds. The van der Waals surface area contributed by atoms with Crippen molar-refractivity contribution in [3.63, 3.8) is 0 Å². The maximum atomic E-state index is 12.8. The van der Waals surface area contributed by atoms with Crippen molar-refractivity contribution in [2.24, 2.45) is 0 Å². The molecule has 3 rings (SSSR count). The number of aromatic nitrogens is 4. The molecule has 0 unspecified atom stereocenters. The van der Waals surface area contributed by atoms with Crippen LogP contribution in [0.4, 0.5) is 14.5 Å². The highest BCUT2D eigenvalue weighted by Crippen LogP contribution is 2.27. The lowest BCUT2D eigenvalue weighted by molar-refractivity contribution is 0.0568. The van der Waals surface area contributed by atoms with Crippen molar-refractivity contribution in [3.8, 4) is 11.4 Å². The molecule has 9 heteroatoms. The van der Waals surface area contributed by atoms with Gasteiger partial charge in [0, 0.05) is 11.6 Å². The van der Waals surface area contributed by atoms with E-state index in [-0.39, 0.29) is 17.1 Å². The van der Waals surface area contributed by atoms with Crippen molar-refractivity contribution < 1.29 is 13.6 Å². The number of nitrogens with zero attached hydrogens (tertiary/aromatic N) is 4. The maximum Gasteiger partial charge on any atom is 0.333 e. The Morgan fingerprint density at radius 2 is 2.18 bits per heavy atom. The lowest BCUT2D eigenvalue weighted by Crippen LogP contribution is -2.12. The van der Waals surface area contributed by atoms with E-state index >= 15 is 0 Å². The van der Waals surface area contributed by atoms with Gasteiger partial charge in [0.05, 0.1) is 23.1 Å². The molecule has 0 aliphatic rings. The van der Waals surface area contributed by atoms with E-state index in [9.17, 15) is 13.6 Å². The summed E-state index contributed by atoms with van der Waals surface area (Å²) in [5.41, 5.74) is 2.43. The third-order valence-electron chi connectivity index (χ3n) is 2.75. The van der Waals surface area contributed by atoms with E-state index in [0.717, 1.165) is 6.20 Å². The van der Waals surface area contributed by atoms with E-state index in [1.807, 2.05) is 0 Å². The van der Waals surface area contributed by atoms with Crippen molar-refractivity contribution in [2.75, 3.05) is 5.32 Å². The second-order valence-electron chi connectivity index (χ2n) is 4.19. The monoisotopic (exact) mass is 321 g/mol. The molecule has 0 spiro atoms. The molecule has 0 aromatic carbocycles. The van der Waals surface area contributed by atoms with Crippen molar-refractivity contribution >= 4 is 22.9 Å². The van der Waals surface area contributed by atoms with Gasteiger partial charge in [-0.25, -0.2) is 9.67 Å². The number of carbonyl (C=O) groups is 1. The van der Waals surface area contributed by atoms with E-state index in [2.05, 4.69) is 20.4 Å². The third-order valence-corrected chi connectivity index (χ3v) is 3.34. The van der Waals surface area contributed by atoms with E-state index < -0.39 is 12.5 Å². The Kier molecular flexibility index (Phi) is 3.88. The average Bonchev–Trinajstić information content (AvgIpc) is 3.17. The van der Waals surface area contributed by atoms with Crippen LogP contribution in [0, 0.1) is 0 Å². The standard InChI is InChI=1S/C13H9F2N5OS/c14-13(15)20-5-9(18-12(21)10-6-22-7-17-10)11(19-20)8-3-1-2-4-16-8/h1-7,13H,(H,18,21). The molecule has 0 atom stereocenters. The summed E-state index contributed by atoms with van der Waals surface area (Å²) in [5, 5.41) is 7.88. The number of anilines is 1. The highest BCUT2D eigenvalue weighted by molar-refractivity contribution is 7.07. The summed E-state index contributed by atoms with van der Waals surface area (Å²) in [6, 6.07) is 5.02. The number of pyridine rings is 1. The van der Waals surface area contributed by atoms with Crippen molar-refractivity contribution in [1.29, 1.82) is 0 Å². The topological polar surface area (TPSA) is 72.7 Å². The number of alkyl halides is 2. The van der Waals surface area contributed by atoms with Gasteiger partial charge in [0.1, 0.15) is 11.4 Å². The molecule has 0 radical (unpaired) electrons. The fourth-order valence-electron chi connectivity index (χ4n) is 1.79. The molecule has 1 N–H and O–H groups in total. The van der Waals surface area contributed by atoms with Gasteiger partial charge in [0.25, 0.3) is 5.91 Å². The first-order valence-electron chi connectivity index (χ1n) is 6.13. The van der Waals surface area contributed by atoms with Gasteiger partial charge in [-0.1, -0.05) is 6.07 Å². The number of thiazole rings is 1. The van der Waals surface area contributed by atoms with E-state index in [1.165, 1.54) is 23.0 Å². The Hall–Kier alpha value is -2.68. The first kappa shape index (κ1) is 14.3. The molecule has 0 aliphatic carbocycles. The van der Waals surface area contributed by atoms with Crippen molar-refractivity contribution in [3.05, 3.63) is 47.2 Å². The molecule has 0 saturated heterocycles. The number of hydrogen-bond donors (Lipinski definition) is 1. The molecule has 0 fully saturated rings. The van der Waals surface area contributed by atoms with Crippen LogP contribution in [0.25, 0.3) is 11.4 Å². The molecular formula is C13H9F2N5OS. The van der Waals surface area contributed by atoms with Gasteiger partial charge in [0.15, 0.2) is 0 Å². The van der Waals surface area contributed by atoms with Crippen LogP contribution in [0.2, 0.25) is 0 Å². The predicted molar refractivity (Wildman–Crippen MR) is 76.8 cm³/mol. The Morgan fingerprint density at radius 3 is 2.82 bits per heavy atom. The number of hydrogen-bond acceptors (Lipinski definition) is 5. The van der Waals surface area contributed by atoms with E-state index in [4.69, 9.17) is 0 Å². The van der Waals surface area contributed by atoms with Crippen LogP contribution in [0.1, 0.15) is 17.0 Å². The van der Waals surface area contributed by atoms with Gasteiger partial charge in [-0.3, -0.25) is 9.78 Å². The van der Waals surface area contributed by atoms with Crippen LogP contribution < -0.4 is 5.32 Å². The molecule has 112 valence electrons. The van der Waals surface area contributed by atoms with Crippen LogP contribution in [0.5, 0.6) is 0 Å². The first-order valence-corrected chi connectivity index (χ1v) is 7.07. The molecule has 0 aliphatic heterocycles. The second kappa shape index (κ2) is 5.98. The highest BCUT2D eigenvalue weighted by atomic mass is 32.1.